The highest BCUT2D eigenvalue weighted by molar-refractivity contribution is 5.30. The molecule has 0 bridgehead atoms. The molecule has 52 valence electrons. The molecule has 3 heteroatoms. The van der Waals surface area contributed by atoms with Crippen molar-refractivity contribution in [3.63, 3.8) is 0 Å². The van der Waals surface area contributed by atoms with Crippen molar-refractivity contribution < 1.29 is 2.74 Å². The highest BCUT2D eigenvalue weighted by atomic mass is 14.9. The molecular formula is C7H9N3. The van der Waals surface area contributed by atoms with E-state index in [9.17, 15) is 0 Å². The molecule has 0 aromatic carbocycles. The van der Waals surface area contributed by atoms with Gasteiger partial charge in [-0.2, -0.15) is 0 Å². The highest BCUT2D eigenvalue weighted by Crippen LogP contribution is 2.37. The van der Waals surface area contributed by atoms with Crippen LogP contribution in [-0.4, -0.2) is 9.97 Å². The molecule has 2 rings (SSSR count). The second-order valence-electron chi connectivity index (χ2n) is 2.49. The lowest BCUT2D eigenvalue weighted by atomic mass is 10.4. The molecule has 0 unspecified atom stereocenters. The molecule has 1 aromatic heterocycles. The van der Waals surface area contributed by atoms with Crippen LogP contribution in [0, 0.1) is 0 Å². The van der Waals surface area contributed by atoms with E-state index in [1.165, 1.54) is 0 Å². The summed E-state index contributed by atoms with van der Waals surface area (Å²) in [5, 5.41) is 0. The summed E-state index contributed by atoms with van der Waals surface area (Å²) in [6, 6.07) is 0. The molecule has 1 saturated carbocycles. The summed E-state index contributed by atoms with van der Waals surface area (Å²) < 4.78 is 14.7. The van der Waals surface area contributed by atoms with Crippen molar-refractivity contribution >= 4 is 5.69 Å². The largest absolute Gasteiger partial charge is 0.396 e. The summed E-state index contributed by atoms with van der Waals surface area (Å²) in [5.74, 6) is 0.984. The van der Waals surface area contributed by atoms with Gasteiger partial charge in [0.05, 0.1) is 20.8 Å². The molecular weight excluding hydrogens is 126 g/mol. The first-order valence-electron chi connectivity index (χ1n) is 4.29. The van der Waals surface area contributed by atoms with E-state index < -0.39 is 0 Å². The summed E-state index contributed by atoms with van der Waals surface area (Å²) in [6.45, 7) is 0. The number of hydrogen-bond donors (Lipinski definition) is 1. The molecule has 10 heavy (non-hydrogen) atoms. The number of nitrogens with zero attached hydrogens (tertiary/aromatic N) is 2. The van der Waals surface area contributed by atoms with E-state index in [2.05, 4.69) is 9.97 Å². The standard InChI is InChI=1S/C7H9N3/c8-6-3-9-7(10-4-6)5-1-2-5/h3-5H,1-2,8H2/i3D,4D. The predicted molar refractivity (Wildman–Crippen MR) is 38.4 cm³/mol. The summed E-state index contributed by atoms with van der Waals surface area (Å²) in [7, 11) is 0. The first-order valence-corrected chi connectivity index (χ1v) is 3.29. The summed E-state index contributed by atoms with van der Waals surface area (Å²) in [4.78, 5) is 7.81. The van der Waals surface area contributed by atoms with Gasteiger partial charge in [-0.05, 0) is 12.8 Å². The maximum atomic E-state index is 7.33. The van der Waals surface area contributed by atoms with Gasteiger partial charge in [0.2, 0.25) is 0 Å². The Kier molecular flexibility index (Phi) is 0.756. The van der Waals surface area contributed by atoms with E-state index in [0.29, 0.717) is 11.7 Å². The average Bonchev–Trinajstić information content (AvgIpc) is 2.81. The Hall–Kier alpha value is -1.12. The smallest absolute Gasteiger partial charge is 0.131 e. The van der Waals surface area contributed by atoms with Crippen molar-refractivity contribution in [1.29, 1.82) is 0 Å². The zero-order chi connectivity index (χ0) is 8.72. The number of hydrogen-bond acceptors (Lipinski definition) is 3. The zero-order valence-electron chi connectivity index (χ0n) is 7.46. The predicted octanol–water partition coefficient (Wildman–Crippen LogP) is 0.936. The minimum Gasteiger partial charge on any atom is -0.396 e. The van der Waals surface area contributed by atoms with Crippen molar-refractivity contribution in [2.24, 2.45) is 0 Å². The van der Waals surface area contributed by atoms with Crippen LogP contribution in [0.3, 0.4) is 0 Å². The van der Waals surface area contributed by atoms with Crippen LogP contribution in [-0.2, 0) is 0 Å². The van der Waals surface area contributed by atoms with Gasteiger partial charge in [0.25, 0.3) is 0 Å². The second-order valence-corrected chi connectivity index (χ2v) is 2.49. The number of aromatic nitrogens is 2. The molecule has 1 aliphatic carbocycles. The van der Waals surface area contributed by atoms with Gasteiger partial charge in [-0.3, -0.25) is 0 Å². The van der Waals surface area contributed by atoms with Crippen molar-refractivity contribution in [3.05, 3.63) is 18.2 Å². The van der Waals surface area contributed by atoms with E-state index in [4.69, 9.17) is 8.48 Å². The fraction of sp³-hybridized carbons (Fsp3) is 0.429. The molecule has 1 fully saturated rings. The Bertz CT molecular complexity index is 299. The third kappa shape index (κ3) is 0.943. The number of rotatable bonds is 1. The molecule has 1 heterocycles. The van der Waals surface area contributed by atoms with Crippen LogP contribution in [0.4, 0.5) is 5.69 Å². The minimum atomic E-state index is -0.0168. The lowest BCUT2D eigenvalue weighted by Gasteiger charge is -1.94. The van der Waals surface area contributed by atoms with Gasteiger partial charge in [-0.25, -0.2) is 9.97 Å². The molecule has 1 aromatic rings. The van der Waals surface area contributed by atoms with Gasteiger partial charge < -0.3 is 5.73 Å². The van der Waals surface area contributed by atoms with Gasteiger partial charge in [-0.1, -0.05) is 0 Å². The molecule has 0 aliphatic heterocycles. The molecule has 0 saturated heterocycles. The lowest BCUT2D eigenvalue weighted by Crippen LogP contribution is -1.93. The van der Waals surface area contributed by atoms with Crippen LogP contribution in [0.15, 0.2) is 12.3 Å². The first kappa shape index (κ1) is 3.91. The van der Waals surface area contributed by atoms with Crippen LogP contribution in [0.25, 0.3) is 0 Å². The summed E-state index contributed by atoms with van der Waals surface area (Å²) >= 11 is 0. The topological polar surface area (TPSA) is 51.8 Å². The van der Waals surface area contributed by atoms with Crippen LogP contribution < -0.4 is 5.73 Å². The third-order valence-corrected chi connectivity index (χ3v) is 1.52. The van der Waals surface area contributed by atoms with Crippen molar-refractivity contribution in [3.8, 4) is 0 Å². The maximum Gasteiger partial charge on any atom is 0.131 e. The second kappa shape index (κ2) is 1.94. The van der Waals surface area contributed by atoms with Crippen molar-refractivity contribution in [2.75, 3.05) is 5.73 Å². The van der Waals surface area contributed by atoms with Crippen LogP contribution in [0.5, 0.6) is 0 Å². The number of anilines is 1. The maximum absolute atomic E-state index is 7.33. The van der Waals surface area contributed by atoms with Crippen molar-refractivity contribution in [1.82, 2.24) is 9.97 Å². The minimum absolute atomic E-state index is 0.0168. The average molecular weight is 137 g/mol. The molecule has 0 spiro atoms. The van der Waals surface area contributed by atoms with E-state index >= 15 is 0 Å². The SMILES string of the molecule is [2H]c1nc(C2CC2)nc([2H])c1N. The quantitative estimate of drug-likeness (QED) is 0.626. The normalized spacial score (nSPS) is 20.0. The highest BCUT2D eigenvalue weighted by Gasteiger charge is 2.25. The molecule has 3 nitrogen and oxygen atoms in total. The fourth-order valence-corrected chi connectivity index (χ4v) is 0.809. The molecule has 2 N–H and O–H groups in total. The monoisotopic (exact) mass is 137 g/mol. The van der Waals surface area contributed by atoms with E-state index in [1.54, 1.807) is 0 Å². The molecule has 0 amide bonds. The van der Waals surface area contributed by atoms with E-state index in [-0.39, 0.29) is 18.0 Å². The Morgan fingerprint density at radius 1 is 1.50 bits per heavy atom. The summed E-state index contributed by atoms with van der Waals surface area (Å²) in [6.07, 6.45) is 2.11. The van der Waals surface area contributed by atoms with Crippen LogP contribution in [0.2, 0.25) is 0 Å². The first-order chi connectivity index (χ1) is 5.68. The van der Waals surface area contributed by atoms with Gasteiger partial charge in [0.15, 0.2) is 0 Å². The summed E-state index contributed by atoms with van der Waals surface area (Å²) in [5.41, 5.74) is 5.44. The Morgan fingerprint density at radius 2 is 2.10 bits per heavy atom. The third-order valence-electron chi connectivity index (χ3n) is 1.52. The van der Waals surface area contributed by atoms with Gasteiger partial charge >= 0.3 is 0 Å². The van der Waals surface area contributed by atoms with Crippen LogP contribution >= 0.6 is 0 Å². The lowest BCUT2D eigenvalue weighted by molar-refractivity contribution is 0.929. The van der Waals surface area contributed by atoms with Gasteiger partial charge in [0.1, 0.15) is 5.82 Å². The van der Waals surface area contributed by atoms with E-state index in [1.807, 2.05) is 0 Å². The van der Waals surface area contributed by atoms with Crippen LogP contribution in [0.1, 0.15) is 27.3 Å². The molecule has 1 aliphatic rings. The molecule has 0 radical (unpaired) electrons. The van der Waals surface area contributed by atoms with E-state index in [0.717, 1.165) is 12.8 Å². The van der Waals surface area contributed by atoms with Gasteiger partial charge in [-0.15, -0.1) is 0 Å². The Morgan fingerprint density at radius 3 is 2.60 bits per heavy atom. The fourth-order valence-electron chi connectivity index (χ4n) is 0.809. The van der Waals surface area contributed by atoms with Gasteiger partial charge in [0, 0.05) is 5.92 Å². The Labute approximate surface area is 62.1 Å². The Balaban J connectivity index is 2.45. The number of nitrogen functional groups attached to an aromatic ring is 1. The molecule has 0 atom stereocenters. The van der Waals surface area contributed by atoms with Crippen molar-refractivity contribution in [2.45, 2.75) is 18.8 Å². The number of nitrogens with two attached hydrogens (primary N) is 1. The zero-order valence-corrected chi connectivity index (χ0v) is 5.46.